The number of aryl methyl sites for hydroxylation is 1. The van der Waals surface area contributed by atoms with E-state index in [1.807, 2.05) is 6.92 Å². The highest BCUT2D eigenvalue weighted by Gasteiger charge is 2.19. The van der Waals surface area contributed by atoms with Gasteiger partial charge in [0.1, 0.15) is 5.69 Å². The zero-order chi connectivity index (χ0) is 20.3. The van der Waals surface area contributed by atoms with E-state index >= 15 is 0 Å². The molecular weight excluding hydrogens is 380 g/mol. The summed E-state index contributed by atoms with van der Waals surface area (Å²) < 4.78 is 29.6. The fourth-order valence-electron chi connectivity index (χ4n) is 2.99. The van der Waals surface area contributed by atoms with Crippen LogP contribution in [0.15, 0.2) is 47.5 Å². The first-order valence-corrected chi connectivity index (χ1v) is 10.3. The monoisotopic (exact) mass is 402 g/mol. The zero-order valence-electron chi connectivity index (χ0n) is 15.7. The molecule has 3 aromatic rings. The first-order chi connectivity index (χ1) is 13.3. The topological polar surface area (TPSA) is 116 Å². The number of primary sulfonamides is 1. The van der Waals surface area contributed by atoms with Crippen molar-refractivity contribution in [1.29, 1.82) is 0 Å². The van der Waals surface area contributed by atoms with Gasteiger partial charge in [-0.15, -0.1) is 0 Å². The molecule has 9 heteroatoms. The number of ether oxygens (including phenoxy) is 1. The summed E-state index contributed by atoms with van der Waals surface area (Å²) in [5.41, 5.74) is 2.68. The molecule has 0 atom stereocenters. The van der Waals surface area contributed by atoms with E-state index in [0.717, 1.165) is 5.56 Å². The molecule has 1 aromatic carbocycles. The van der Waals surface area contributed by atoms with E-state index in [4.69, 9.17) is 9.88 Å². The Balaban J connectivity index is 1.73. The number of sulfonamides is 1. The van der Waals surface area contributed by atoms with E-state index in [1.165, 1.54) is 12.1 Å². The van der Waals surface area contributed by atoms with Gasteiger partial charge in [-0.3, -0.25) is 9.20 Å². The first kappa shape index (κ1) is 19.8. The summed E-state index contributed by atoms with van der Waals surface area (Å²) in [5, 5.41) is 7.99. The molecule has 2 heterocycles. The second-order valence-electron chi connectivity index (χ2n) is 6.23. The Morgan fingerprint density at radius 3 is 2.57 bits per heavy atom. The highest BCUT2D eigenvalue weighted by atomic mass is 32.2. The smallest absolute Gasteiger partial charge is 0.270 e. The minimum atomic E-state index is -3.71. The number of nitrogens with one attached hydrogen (secondary N) is 1. The molecule has 0 spiro atoms. The Bertz CT molecular complexity index is 1100. The summed E-state index contributed by atoms with van der Waals surface area (Å²) in [6.07, 6.45) is 2.95. The third-order valence-corrected chi connectivity index (χ3v) is 5.34. The van der Waals surface area contributed by atoms with Gasteiger partial charge in [0, 0.05) is 12.7 Å². The van der Waals surface area contributed by atoms with Crippen LogP contribution in [0, 0.1) is 0 Å². The maximum Gasteiger partial charge on any atom is 0.270 e. The number of hydrogen-bond donors (Lipinski definition) is 2. The van der Waals surface area contributed by atoms with Crippen molar-refractivity contribution in [2.24, 2.45) is 5.14 Å². The average molecular weight is 402 g/mol. The number of hydrogen-bond acceptors (Lipinski definition) is 5. The number of aromatic nitrogens is 2. The molecule has 0 bridgehead atoms. The molecule has 8 nitrogen and oxygen atoms in total. The van der Waals surface area contributed by atoms with Crippen molar-refractivity contribution in [3.63, 3.8) is 0 Å². The maximum absolute atomic E-state index is 12.8. The molecular formula is C19H22N4O4S. The molecule has 0 saturated heterocycles. The second kappa shape index (κ2) is 7.99. The number of nitrogens with zero attached hydrogens (tertiary/aromatic N) is 2. The van der Waals surface area contributed by atoms with Crippen LogP contribution in [0.1, 0.15) is 28.7 Å². The summed E-state index contributed by atoms with van der Waals surface area (Å²) in [6, 6.07) is 9.88. The van der Waals surface area contributed by atoms with Crippen LogP contribution >= 0.6 is 0 Å². The molecule has 0 aliphatic rings. The Labute approximate surface area is 163 Å². The van der Waals surface area contributed by atoms with Gasteiger partial charge in [-0.2, -0.15) is 0 Å². The normalized spacial score (nSPS) is 11.5. The fraction of sp³-hybridized carbons (Fsp3) is 0.263. The number of amides is 1. The van der Waals surface area contributed by atoms with Crippen molar-refractivity contribution in [2.45, 2.75) is 24.7 Å². The molecule has 3 N–H and O–H groups in total. The van der Waals surface area contributed by atoms with Crippen molar-refractivity contribution >= 4 is 21.6 Å². The van der Waals surface area contributed by atoms with Crippen LogP contribution in [0.4, 0.5) is 0 Å². The third-order valence-electron chi connectivity index (χ3n) is 4.41. The number of imidazole rings is 1. The second-order valence-corrected chi connectivity index (χ2v) is 7.79. The lowest BCUT2D eigenvalue weighted by atomic mass is 10.1. The number of methoxy groups -OCH3 is 1. The number of pyridine rings is 1. The molecule has 0 aliphatic heterocycles. The number of carbonyl (C=O) groups is 1. The summed E-state index contributed by atoms with van der Waals surface area (Å²) in [4.78, 5) is 17.4. The highest BCUT2D eigenvalue weighted by Crippen LogP contribution is 2.22. The van der Waals surface area contributed by atoms with E-state index in [2.05, 4.69) is 10.3 Å². The van der Waals surface area contributed by atoms with Crippen LogP contribution in [0.2, 0.25) is 0 Å². The molecule has 1 amide bonds. The largest absolute Gasteiger partial charge is 0.493 e. The van der Waals surface area contributed by atoms with Gasteiger partial charge in [-0.25, -0.2) is 18.5 Å². The molecule has 3 rings (SSSR count). The summed E-state index contributed by atoms with van der Waals surface area (Å²) >= 11 is 0. The lowest BCUT2D eigenvalue weighted by Crippen LogP contribution is -2.27. The standard InChI is InChI=1S/C19H22N4O4S/c1-3-15-17(23-12-4-5-16(27-2)18(23)22-15)19(24)21-11-10-13-6-8-14(9-7-13)28(20,25)26/h4-9,12H,3,10-11H2,1-2H3,(H,21,24)(H2,20,25,26). The van der Waals surface area contributed by atoms with Crippen molar-refractivity contribution in [3.8, 4) is 5.75 Å². The van der Waals surface area contributed by atoms with E-state index in [0.29, 0.717) is 42.2 Å². The van der Waals surface area contributed by atoms with Gasteiger partial charge in [0.2, 0.25) is 10.0 Å². The third kappa shape index (κ3) is 4.00. The van der Waals surface area contributed by atoms with Gasteiger partial charge < -0.3 is 10.1 Å². The lowest BCUT2D eigenvalue weighted by Gasteiger charge is -2.08. The quantitative estimate of drug-likeness (QED) is 0.622. The van der Waals surface area contributed by atoms with Crippen molar-refractivity contribution < 1.29 is 17.9 Å². The van der Waals surface area contributed by atoms with Crippen LogP contribution in [-0.2, 0) is 22.9 Å². The number of rotatable bonds is 7. The molecule has 2 aromatic heterocycles. The Morgan fingerprint density at radius 1 is 1.25 bits per heavy atom. The van der Waals surface area contributed by atoms with Crippen LogP contribution in [0.25, 0.3) is 5.65 Å². The molecule has 0 saturated carbocycles. The molecule has 0 fully saturated rings. The SMILES string of the molecule is CCc1nc2c(OC)cccn2c1C(=O)NCCc1ccc(S(N)(=O)=O)cc1. The van der Waals surface area contributed by atoms with Crippen LogP contribution in [0.3, 0.4) is 0 Å². The highest BCUT2D eigenvalue weighted by molar-refractivity contribution is 7.89. The number of carbonyl (C=O) groups excluding carboxylic acids is 1. The fourth-order valence-corrected chi connectivity index (χ4v) is 3.50. The molecule has 28 heavy (non-hydrogen) atoms. The van der Waals surface area contributed by atoms with E-state index in [9.17, 15) is 13.2 Å². The van der Waals surface area contributed by atoms with Gasteiger partial charge in [-0.05, 0) is 42.7 Å². The average Bonchev–Trinajstić information content (AvgIpc) is 3.06. The molecule has 0 unspecified atom stereocenters. The van der Waals surface area contributed by atoms with Gasteiger partial charge in [0.15, 0.2) is 11.4 Å². The van der Waals surface area contributed by atoms with E-state index in [-0.39, 0.29) is 10.8 Å². The molecule has 0 radical (unpaired) electrons. The van der Waals surface area contributed by atoms with Crippen molar-refractivity contribution in [2.75, 3.05) is 13.7 Å². The summed E-state index contributed by atoms with van der Waals surface area (Å²) in [6.45, 7) is 2.34. The summed E-state index contributed by atoms with van der Waals surface area (Å²) in [7, 11) is -2.14. The van der Waals surface area contributed by atoms with Crippen LogP contribution < -0.4 is 15.2 Å². The maximum atomic E-state index is 12.8. The number of benzene rings is 1. The minimum Gasteiger partial charge on any atom is -0.493 e. The van der Waals surface area contributed by atoms with E-state index in [1.54, 1.807) is 42.0 Å². The minimum absolute atomic E-state index is 0.0625. The Hall–Kier alpha value is -2.91. The Kier molecular flexibility index (Phi) is 5.66. The lowest BCUT2D eigenvalue weighted by molar-refractivity contribution is 0.0947. The van der Waals surface area contributed by atoms with Crippen molar-refractivity contribution in [3.05, 3.63) is 59.5 Å². The van der Waals surface area contributed by atoms with Gasteiger partial charge in [0.05, 0.1) is 17.7 Å². The Morgan fingerprint density at radius 2 is 1.96 bits per heavy atom. The van der Waals surface area contributed by atoms with Crippen LogP contribution in [0.5, 0.6) is 5.75 Å². The number of nitrogens with two attached hydrogens (primary N) is 1. The predicted octanol–water partition coefficient (Wildman–Crippen LogP) is 1.53. The molecule has 148 valence electrons. The van der Waals surface area contributed by atoms with Crippen LogP contribution in [-0.4, -0.2) is 37.4 Å². The summed E-state index contributed by atoms with van der Waals surface area (Å²) in [5.74, 6) is 0.380. The van der Waals surface area contributed by atoms with Gasteiger partial charge in [0.25, 0.3) is 5.91 Å². The zero-order valence-corrected chi connectivity index (χ0v) is 16.5. The number of fused-ring (bicyclic) bond motifs is 1. The van der Waals surface area contributed by atoms with Crippen molar-refractivity contribution in [1.82, 2.24) is 14.7 Å². The first-order valence-electron chi connectivity index (χ1n) is 8.79. The van der Waals surface area contributed by atoms with Gasteiger partial charge in [-0.1, -0.05) is 19.1 Å². The van der Waals surface area contributed by atoms with E-state index < -0.39 is 10.0 Å². The van der Waals surface area contributed by atoms with Gasteiger partial charge >= 0.3 is 0 Å². The molecule has 0 aliphatic carbocycles. The predicted molar refractivity (Wildman–Crippen MR) is 105 cm³/mol.